The van der Waals surface area contributed by atoms with Crippen LogP contribution in [0.1, 0.15) is 27.2 Å². The SMILES string of the molecule is CC(C)(C)OC(=O)NCCNC(=O)[C@@H]1C[C@@H](O)CN1. The number of aliphatic hydroxyl groups excluding tert-OH is 1. The lowest BCUT2D eigenvalue weighted by Crippen LogP contribution is -2.44. The molecule has 0 saturated carbocycles. The van der Waals surface area contributed by atoms with Crippen LogP contribution in [0.2, 0.25) is 0 Å². The maximum absolute atomic E-state index is 11.6. The summed E-state index contributed by atoms with van der Waals surface area (Å²) in [6, 6.07) is -0.350. The van der Waals surface area contributed by atoms with Crippen molar-refractivity contribution in [2.24, 2.45) is 0 Å². The monoisotopic (exact) mass is 273 g/mol. The lowest BCUT2D eigenvalue weighted by atomic mass is 10.2. The Kier molecular flexibility index (Phi) is 5.56. The number of alkyl carbamates (subject to hydrolysis) is 1. The van der Waals surface area contributed by atoms with Crippen molar-refractivity contribution >= 4 is 12.0 Å². The molecule has 0 radical (unpaired) electrons. The van der Waals surface area contributed by atoms with E-state index in [0.717, 1.165) is 0 Å². The van der Waals surface area contributed by atoms with Crippen LogP contribution < -0.4 is 16.0 Å². The second-order valence-electron chi connectivity index (χ2n) is 5.57. The molecular formula is C12H23N3O4. The first-order valence-corrected chi connectivity index (χ1v) is 6.44. The molecule has 0 unspecified atom stereocenters. The summed E-state index contributed by atoms with van der Waals surface area (Å²) in [4.78, 5) is 22.9. The molecule has 1 rings (SSSR count). The molecule has 110 valence electrons. The summed E-state index contributed by atoms with van der Waals surface area (Å²) in [5, 5.41) is 17.4. The number of rotatable bonds is 4. The summed E-state index contributed by atoms with van der Waals surface area (Å²) in [5.74, 6) is -0.164. The zero-order valence-corrected chi connectivity index (χ0v) is 11.7. The van der Waals surface area contributed by atoms with Gasteiger partial charge in [-0.1, -0.05) is 0 Å². The molecule has 1 saturated heterocycles. The van der Waals surface area contributed by atoms with Gasteiger partial charge < -0.3 is 25.8 Å². The Hall–Kier alpha value is -1.34. The van der Waals surface area contributed by atoms with E-state index in [-0.39, 0.29) is 11.9 Å². The minimum atomic E-state index is -0.531. The summed E-state index contributed by atoms with van der Waals surface area (Å²) < 4.78 is 5.05. The molecule has 4 N–H and O–H groups in total. The molecular weight excluding hydrogens is 250 g/mol. The third-order valence-electron chi connectivity index (χ3n) is 2.52. The molecule has 0 spiro atoms. The minimum absolute atomic E-state index is 0.164. The number of β-amino-alcohol motifs (C(OH)–C–C–N with tert-alkyl or cyclic N) is 1. The van der Waals surface area contributed by atoms with Crippen LogP contribution in [-0.4, -0.2) is 54.5 Å². The highest BCUT2D eigenvalue weighted by atomic mass is 16.6. The van der Waals surface area contributed by atoms with Crippen LogP contribution in [0.3, 0.4) is 0 Å². The summed E-state index contributed by atoms with van der Waals surface area (Å²) in [5.41, 5.74) is -0.531. The van der Waals surface area contributed by atoms with Gasteiger partial charge in [-0.15, -0.1) is 0 Å². The van der Waals surface area contributed by atoms with Gasteiger partial charge in [-0.2, -0.15) is 0 Å². The first-order valence-electron chi connectivity index (χ1n) is 6.44. The first-order chi connectivity index (χ1) is 8.78. The molecule has 7 heteroatoms. The molecule has 0 bridgehead atoms. The number of amides is 2. The molecule has 2 atom stereocenters. The predicted molar refractivity (Wildman–Crippen MR) is 69.7 cm³/mol. The third-order valence-corrected chi connectivity index (χ3v) is 2.52. The highest BCUT2D eigenvalue weighted by Crippen LogP contribution is 2.06. The number of carbonyl (C=O) groups is 2. The molecule has 1 aliphatic heterocycles. The van der Waals surface area contributed by atoms with Crippen molar-refractivity contribution in [1.82, 2.24) is 16.0 Å². The lowest BCUT2D eigenvalue weighted by Gasteiger charge is -2.19. The van der Waals surface area contributed by atoms with Gasteiger partial charge in [-0.3, -0.25) is 4.79 Å². The Bertz CT molecular complexity index is 327. The van der Waals surface area contributed by atoms with Gasteiger partial charge in [0.2, 0.25) is 5.91 Å². The number of aliphatic hydroxyl groups is 1. The van der Waals surface area contributed by atoms with Crippen LogP contribution in [-0.2, 0) is 9.53 Å². The smallest absolute Gasteiger partial charge is 0.407 e. The van der Waals surface area contributed by atoms with E-state index in [1.807, 2.05) is 0 Å². The van der Waals surface area contributed by atoms with Crippen LogP contribution >= 0.6 is 0 Å². The van der Waals surface area contributed by atoms with Crippen LogP contribution in [0.15, 0.2) is 0 Å². The van der Waals surface area contributed by atoms with Gasteiger partial charge in [0, 0.05) is 19.6 Å². The number of carbonyl (C=O) groups excluding carboxylic acids is 2. The largest absolute Gasteiger partial charge is 0.444 e. The van der Waals surface area contributed by atoms with E-state index in [4.69, 9.17) is 4.74 Å². The van der Waals surface area contributed by atoms with E-state index in [0.29, 0.717) is 26.1 Å². The van der Waals surface area contributed by atoms with E-state index in [9.17, 15) is 14.7 Å². The van der Waals surface area contributed by atoms with Crippen LogP contribution in [0.5, 0.6) is 0 Å². The maximum Gasteiger partial charge on any atom is 0.407 e. The van der Waals surface area contributed by atoms with E-state index < -0.39 is 17.8 Å². The van der Waals surface area contributed by atoms with Crippen LogP contribution in [0, 0.1) is 0 Å². The predicted octanol–water partition coefficient (Wildman–Crippen LogP) is -0.650. The Morgan fingerprint density at radius 3 is 2.47 bits per heavy atom. The quantitative estimate of drug-likeness (QED) is 0.510. The fourth-order valence-corrected chi connectivity index (χ4v) is 1.70. The van der Waals surface area contributed by atoms with Gasteiger partial charge >= 0.3 is 6.09 Å². The van der Waals surface area contributed by atoms with Gasteiger partial charge in [0.05, 0.1) is 12.1 Å². The Morgan fingerprint density at radius 2 is 1.95 bits per heavy atom. The highest BCUT2D eigenvalue weighted by Gasteiger charge is 2.27. The molecule has 0 aromatic heterocycles. The Labute approximate surface area is 113 Å². The lowest BCUT2D eigenvalue weighted by molar-refractivity contribution is -0.122. The van der Waals surface area contributed by atoms with Gasteiger partial charge in [-0.05, 0) is 27.2 Å². The standard InChI is InChI=1S/C12H23N3O4/c1-12(2,3)19-11(18)14-5-4-13-10(17)9-6-8(16)7-15-9/h8-9,15-16H,4-7H2,1-3H3,(H,13,17)(H,14,18)/t8-,9+/m1/s1. The van der Waals surface area contributed by atoms with Crippen molar-refractivity contribution in [3.8, 4) is 0 Å². The number of ether oxygens (including phenoxy) is 1. The molecule has 0 aromatic rings. The highest BCUT2D eigenvalue weighted by molar-refractivity contribution is 5.82. The Morgan fingerprint density at radius 1 is 1.32 bits per heavy atom. The van der Waals surface area contributed by atoms with E-state index in [1.54, 1.807) is 20.8 Å². The van der Waals surface area contributed by atoms with Gasteiger partial charge in [0.1, 0.15) is 5.60 Å². The van der Waals surface area contributed by atoms with Gasteiger partial charge in [-0.25, -0.2) is 4.79 Å². The van der Waals surface area contributed by atoms with Crippen molar-refractivity contribution < 1.29 is 19.4 Å². The van der Waals surface area contributed by atoms with Crippen molar-refractivity contribution in [2.75, 3.05) is 19.6 Å². The molecule has 7 nitrogen and oxygen atoms in total. The second-order valence-corrected chi connectivity index (χ2v) is 5.57. The molecule has 19 heavy (non-hydrogen) atoms. The fourth-order valence-electron chi connectivity index (χ4n) is 1.70. The average Bonchev–Trinajstić information content (AvgIpc) is 2.68. The number of nitrogens with one attached hydrogen (secondary N) is 3. The number of hydrogen-bond donors (Lipinski definition) is 4. The van der Waals surface area contributed by atoms with Gasteiger partial charge in [0.15, 0.2) is 0 Å². The van der Waals surface area contributed by atoms with Crippen molar-refractivity contribution in [2.45, 2.75) is 44.9 Å². The number of hydrogen-bond acceptors (Lipinski definition) is 5. The molecule has 1 fully saturated rings. The molecule has 0 aliphatic carbocycles. The van der Waals surface area contributed by atoms with Crippen molar-refractivity contribution in [3.05, 3.63) is 0 Å². The summed E-state index contributed by atoms with van der Waals surface area (Å²) >= 11 is 0. The fraction of sp³-hybridized carbons (Fsp3) is 0.833. The Balaban J connectivity index is 2.10. The van der Waals surface area contributed by atoms with E-state index in [2.05, 4.69) is 16.0 Å². The summed E-state index contributed by atoms with van der Waals surface area (Å²) in [6.45, 7) is 6.42. The zero-order chi connectivity index (χ0) is 14.5. The zero-order valence-electron chi connectivity index (χ0n) is 11.7. The third kappa shape index (κ3) is 6.40. The second kappa shape index (κ2) is 6.72. The molecule has 2 amide bonds. The van der Waals surface area contributed by atoms with Crippen molar-refractivity contribution in [3.63, 3.8) is 0 Å². The minimum Gasteiger partial charge on any atom is -0.444 e. The van der Waals surface area contributed by atoms with E-state index >= 15 is 0 Å². The average molecular weight is 273 g/mol. The van der Waals surface area contributed by atoms with Crippen LogP contribution in [0.4, 0.5) is 4.79 Å². The summed E-state index contributed by atoms with van der Waals surface area (Å²) in [7, 11) is 0. The molecule has 1 heterocycles. The molecule has 1 aliphatic rings. The van der Waals surface area contributed by atoms with E-state index in [1.165, 1.54) is 0 Å². The summed E-state index contributed by atoms with van der Waals surface area (Å²) in [6.07, 6.45) is -0.544. The van der Waals surface area contributed by atoms with Gasteiger partial charge in [0.25, 0.3) is 0 Å². The first kappa shape index (κ1) is 15.7. The normalized spacial score (nSPS) is 22.9. The molecule has 0 aromatic carbocycles. The topological polar surface area (TPSA) is 99.7 Å². The maximum atomic E-state index is 11.6. The van der Waals surface area contributed by atoms with Crippen LogP contribution in [0.25, 0.3) is 0 Å². The van der Waals surface area contributed by atoms with Crippen molar-refractivity contribution in [1.29, 1.82) is 0 Å².